The lowest BCUT2D eigenvalue weighted by atomic mass is 9.89. The van der Waals surface area contributed by atoms with Crippen LogP contribution in [0.15, 0.2) is 18.2 Å². The standard InChI is InChI=1S/C10H13BFO2/c1-2-3-6-14-10-5-4-8(11-13)7-9(10)12/h4-5,7,13H,2-3,6H2,1H3. The zero-order valence-corrected chi connectivity index (χ0v) is 8.16. The topological polar surface area (TPSA) is 29.5 Å². The lowest BCUT2D eigenvalue weighted by Crippen LogP contribution is -2.14. The van der Waals surface area contributed by atoms with Gasteiger partial charge in [0, 0.05) is 0 Å². The van der Waals surface area contributed by atoms with Gasteiger partial charge in [0.25, 0.3) is 0 Å². The summed E-state index contributed by atoms with van der Waals surface area (Å²) in [6.07, 6.45) is 1.93. The van der Waals surface area contributed by atoms with Crippen molar-refractivity contribution in [1.29, 1.82) is 0 Å². The highest BCUT2D eigenvalue weighted by atomic mass is 19.1. The highest BCUT2D eigenvalue weighted by Crippen LogP contribution is 2.14. The monoisotopic (exact) mass is 195 g/mol. The van der Waals surface area contributed by atoms with Gasteiger partial charge in [-0.3, -0.25) is 0 Å². The van der Waals surface area contributed by atoms with Gasteiger partial charge in [-0.05, 0) is 18.6 Å². The van der Waals surface area contributed by atoms with E-state index in [1.54, 1.807) is 6.07 Å². The maximum atomic E-state index is 13.2. The van der Waals surface area contributed by atoms with Gasteiger partial charge in [0.15, 0.2) is 11.6 Å². The maximum Gasteiger partial charge on any atom is 0.326 e. The minimum atomic E-state index is -0.441. The van der Waals surface area contributed by atoms with Crippen molar-refractivity contribution in [2.75, 3.05) is 6.61 Å². The van der Waals surface area contributed by atoms with E-state index >= 15 is 0 Å². The Morgan fingerprint density at radius 1 is 1.50 bits per heavy atom. The normalized spacial score (nSPS) is 9.93. The summed E-state index contributed by atoms with van der Waals surface area (Å²) < 4.78 is 18.4. The first-order valence-corrected chi connectivity index (χ1v) is 4.67. The number of unbranched alkanes of at least 4 members (excludes halogenated alkanes) is 1. The number of benzene rings is 1. The number of hydrogen-bond acceptors (Lipinski definition) is 2. The Hall–Kier alpha value is -1.03. The van der Waals surface area contributed by atoms with Crippen LogP contribution in [0.3, 0.4) is 0 Å². The molecule has 14 heavy (non-hydrogen) atoms. The molecule has 0 bridgehead atoms. The van der Waals surface area contributed by atoms with Gasteiger partial charge in [0.2, 0.25) is 0 Å². The van der Waals surface area contributed by atoms with Gasteiger partial charge in [-0.15, -0.1) is 0 Å². The van der Waals surface area contributed by atoms with E-state index in [1.807, 2.05) is 6.92 Å². The zero-order valence-electron chi connectivity index (χ0n) is 8.16. The van der Waals surface area contributed by atoms with Crippen LogP contribution in [0.2, 0.25) is 0 Å². The van der Waals surface area contributed by atoms with E-state index in [9.17, 15) is 4.39 Å². The molecule has 0 amide bonds. The van der Waals surface area contributed by atoms with Crippen LogP contribution in [0.25, 0.3) is 0 Å². The van der Waals surface area contributed by atoms with Crippen molar-refractivity contribution >= 4 is 12.9 Å². The van der Waals surface area contributed by atoms with Crippen molar-refractivity contribution in [1.82, 2.24) is 0 Å². The van der Waals surface area contributed by atoms with E-state index in [-0.39, 0.29) is 5.75 Å². The molecule has 0 heterocycles. The summed E-state index contributed by atoms with van der Waals surface area (Å²) in [7, 11) is 0.860. The number of hydrogen-bond donors (Lipinski definition) is 1. The number of ether oxygens (including phenoxy) is 1. The van der Waals surface area contributed by atoms with Crippen LogP contribution in [0.4, 0.5) is 4.39 Å². The molecular weight excluding hydrogens is 182 g/mol. The van der Waals surface area contributed by atoms with Crippen LogP contribution >= 0.6 is 0 Å². The van der Waals surface area contributed by atoms with Crippen LogP contribution in [-0.2, 0) is 0 Å². The molecule has 0 spiro atoms. The molecular formula is C10H13BFO2. The Balaban J connectivity index is 2.59. The largest absolute Gasteiger partial charge is 0.491 e. The molecule has 0 fully saturated rings. The van der Waals surface area contributed by atoms with Gasteiger partial charge >= 0.3 is 7.48 Å². The third-order valence-electron chi connectivity index (χ3n) is 1.86. The molecule has 1 radical (unpaired) electrons. The summed E-state index contributed by atoms with van der Waals surface area (Å²) in [4.78, 5) is 0. The van der Waals surface area contributed by atoms with E-state index in [2.05, 4.69) is 0 Å². The summed E-state index contributed by atoms with van der Waals surface area (Å²) >= 11 is 0. The molecule has 0 saturated carbocycles. The Morgan fingerprint density at radius 3 is 2.86 bits per heavy atom. The van der Waals surface area contributed by atoms with Crippen molar-refractivity contribution in [2.45, 2.75) is 19.8 Å². The van der Waals surface area contributed by atoms with Gasteiger partial charge in [-0.2, -0.15) is 0 Å². The Kier molecular flexibility index (Phi) is 4.46. The second kappa shape index (κ2) is 5.65. The van der Waals surface area contributed by atoms with Crippen molar-refractivity contribution in [3.05, 3.63) is 24.0 Å². The van der Waals surface area contributed by atoms with Gasteiger partial charge in [-0.1, -0.05) is 24.9 Å². The summed E-state index contributed by atoms with van der Waals surface area (Å²) in [5.74, 6) is -0.201. The summed E-state index contributed by atoms with van der Waals surface area (Å²) in [5.41, 5.74) is 0.436. The summed E-state index contributed by atoms with van der Waals surface area (Å²) in [6.45, 7) is 2.57. The van der Waals surface area contributed by atoms with Crippen molar-refractivity contribution in [3.63, 3.8) is 0 Å². The van der Waals surface area contributed by atoms with Crippen LogP contribution < -0.4 is 10.2 Å². The first kappa shape index (κ1) is 11.1. The Labute approximate surface area is 84.0 Å². The molecule has 0 aliphatic carbocycles. The van der Waals surface area contributed by atoms with Crippen molar-refractivity contribution < 1.29 is 14.2 Å². The lowest BCUT2D eigenvalue weighted by molar-refractivity contribution is 0.294. The fraction of sp³-hybridized carbons (Fsp3) is 0.400. The second-order valence-corrected chi connectivity index (χ2v) is 3.02. The molecule has 1 N–H and O–H groups in total. The Morgan fingerprint density at radius 2 is 2.29 bits per heavy atom. The summed E-state index contributed by atoms with van der Waals surface area (Å²) in [5, 5.41) is 8.63. The molecule has 0 saturated heterocycles. The minimum Gasteiger partial charge on any atom is -0.491 e. The third-order valence-corrected chi connectivity index (χ3v) is 1.86. The zero-order chi connectivity index (χ0) is 10.4. The fourth-order valence-electron chi connectivity index (χ4n) is 1.04. The molecule has 2 nitrogen and oxygen atoms in total. The van der Waals surface area contributed by atoms with E-state index in [1.165, 1.54) is 12.1 Å². The lowest BCUT2D eigenvalue weighted by Gasteiger charge is -2.06. The maximum absolute atomic E-state index is 13.2. The molecule has 0 aromatic heterocycles. The van der Waals surface area contributed by atoms with Crippen LogP contribution in [0, 0.1) is 5.82 Å². The summed E-state index contributed by atoms with van der Waals surface area (Å²) in [6, 6.07) is 4.36. The molecule has 75 valence electrons. The molecule has 1 aromatic carbocycles. The first-order chi connectivity index (χ1) is 6.77. The second-order valence-electron chi connectivity index (χ2n) is 3.02. The predicted octanol–water partition coefficient (Wildman–Crippen LogP) is 1.24. The number of rotatable bonds is 5. The molecule has 1 aromatic rings. The van der Waals surface area contributed by atoms with Crippen LogP contribution in [-0.4, -0.2) is 19.1 Å². The van der Waals surface area contributed by atoms with E-state index in [0.29, 0.717) is 12.1 Å². The molecule has 4 heteroatoms. The average Bonchev–Trinajstić information content (AvgIpc) is 2.20. The van der Waals surface area contributed by atoms with Gasteiger partial charge in [0.05, 0.1) is 6.61 Å². The smallest absolute Gasteiger partial charge is 0.326 e. The van der Waals surface area contributed by atoms with Gasteiger partial charge < -0.3 is 9.76 Å². The number of halogens is 1. The van der Waals surface area contributed by atoms with Crippen molar-refractivity contribution in [3.8, 4) is 5.75 Å². The van der Waals surface area contributed by atoms with E-state index in [0.717, 1.165) is 20.3 Å². The SMILES string of the molecule is CCCCOc1ccc([B]O)cc1F. The highest BCUT2D eigenvalue weighted by molar-refractivity contribution is 6.45. The molecule has 0 atom stereocenters. The van der Waals surface area contributed by atoms with Crippen LogP contribution in [0.1, 0.15) is 19.8 Å². The molecule has 0 aliphatic heterocycles. The van der Waals surface area contributed by atoms with Gasteiger partial charge in [-0.25, -0.2) is 4.39 Å². The molecule has 0 aliphatic rings. The molecule has 0 unspecified atom stereocenters. The van der Waals surface area contributed by atoms with E-state index < -0.39 is 5.82 Å². The highest BCUT2D eigenvalue weighted by Gasteiger charge is 2.04. The fourth-order valence-corrected chi connectivity index (χ4v) is 1.04. The predicted molar refractivity (Wildman–Crippen MR) is 54.4 cm³/mol. The van der Waals surface area contributed by atoms with Gasteiger partial charge in [0.1, 0.15) is 0 Å². The quantitative estimate of drug-likeness (QED) is 0.565. The van der Waals surface area contributed by atoms with Crippen LogP contribution in [0.5, 0.6) is 5.75 Å². The Bertz CT molecular complexity index is 291. The van der Waals surface area contributed by atoms with E-state index in [4.69, 9.17) is 9.76 Å². The minimum absolute atomic E-state index is 0.240. The average molecular weight is 195 g/mol. The molecule has 1 rings (SSSR count). The van der Waals surface area contributed by atoms with Crippen molar-refractivity contribution in [2.24, 2.45) is 0 Å². The first-order valence-electron chi connectivity index (χ1n) is 4.67. The third kappa shape index (κ3) is 3.03.